The topological polar surface area (TPSA) is 62.6 Å². The third-order valence-electron chi connectivity index (χ3n) is 4.35. The average molecular weight is 408 g/mol. The van der Waals surface area contributed by atoms with E-state index in [1.54, 1.807) is 7.05 Å². The molecule has 0 fully saturated rings. The molecule has 156 valence electrons. The number of hydrogen-bond acceptors (Lipinski definition) is 2. The second-order valence-electron chi connectivity index (χ2n) is 7.07. The Bertz CT molecular complexity index is 847. The van der Waals surface area contributed by atoms with E-state index >= 15 is 0 Å². The van der Waals surface area contributed by atoms with Crippen molar-refractivity contribution in [3.8, 4) is 0 Å². The molecule has 0 bridgehead atoms. The van der Waals surface area contributed by atoms with Gasteiger partial charge in [-0.15, -0.1) is 0 Å². The molecule has 0 saturated heterocycles. The predicted octanol–water partition coefficient (Wildman–Crippen LogP) is 1.69. The van der Waals surface area contributed by atoms with E-state index in [1.165, 1.54) is 5.56 Å². The lowest BCUT2D eigenvalue weighted by molar-refractivity contribution is -0.862. The lowest BCUT2D eigenvalue weighted by atomic mass is 10.1. The molecule has 29 heavy (non-hydrogen) atoms. The number of amides is 2. The van der Waals surface area contributed by atoms with E-state index in [-0.39, 0.29) is 25.0 Å². The summed E-state index contributed by atoms with van der Waals surface area (Å²) in [5.41, 5.74) is 0.748. The molecule has 0 aromatic heterocycles. The lowest BCUT2D eigenvalue weighted by Crippen LogP contribution is -3.11. The molecule has 5 nitrogen and oxygen atoms in total. The molecule has 2 atom stereocenters. The number of benzene rings is 2. The Kier molecular flexibility index (Phi) is 8.21. The highest BCUT2D eigenvalue weighted by atomic mass is 19.2. The van der Waals surface area contributed by atoms with Crippen LogP contribution >= 0.6 is 0 Å². The van der Waals surface area contributed by atoms with Crippen molar-refractivity contribution in [1.29, 1.82) is 0 Å². The molecule has 8 heteroatoms. The maximum Gasteiger partial charge on any atom is 0.279 e. The molecule has 3 N–H and O–H groups in total. The van der Waals surface area contributed by atoms with Crippen molar-refractivity contribution in [3.05, 3.63) is 65.5 Å². The van der Waals surface area contributed by atoms with Gasteiger partial charge in [0.25, 0.3) is 11.8 Å². The number of carbonyl (C=O) groups excluding carboxylic acids is 2. The van der Waals surface area contributed by atoms with Gasteiger partial charge >= 0.3 is 0 Å². The number of hydrogen-bond donors (Lipinski definition) is 3. The van der Waals surface area contributed by atoms with Gasteiger partial charge in [0.05, 0.1) is 12.7 Å². The first-order chi connectivity index (χ1) is 13.8. The fraction of sp³-hybridized carbons (Fsp3) is 0.333. The summed E-state index contributed by atoms with van der Waals surface area (Å²) in [5.74, 6) is -5.26. The SMILES string of the molecule is C[C@@H](CCc1ccccc1)NC(=O)C[NH+](C)CC(=O)Nc1ccc(F)c(F)c1F. The molecular formula is C21H25F3N3O2+. The van der Waals surface area contributed by atoms with Crippen molar-refractivity contribution >= 4 is 17.5 Å². The Hall–Kier alpha value is -2.87. The smallest absolute Gasteiger partial charge is 0.279 e. The Morgan fingerprint density at radius 1 is 0.966 bits per heavy atom. The molecular weight excluding hydrogens is 383 g/mol. The summed E-state index contributed by atoms with van der Waals surface area (Å²) in [6.07, 6.45) is 1.62. The molecule has 0 aliphatic heterocycles. The highest BCUT2D eigenvalue weighted by Crippen LogP contribution is 2.19. The third kappa shape index (κ3) is 7.23. The van der Waals surface area contributed by atoms with Crippen molar-refractivity contribution in [2.24, 2.45) is 0 Å². The number of quaternary nitrogens is 1. The quantitative estimate of drug-likeness (QED) is 0.553. The summed E-state index contributed by atoms with van der Waals surface area (Å²) >= 11 is 0. The molecule has 0 heterocycles. The number of aryl methyl sites for hydroxylation is 1. The van der Waals surface area contributed by atoms with E-state index in [2.05, 4.69) is 10.6 Å². The largest absolute Gasteiger partial charge is 0.349 e. The van der Waals surface area contributed by atoms with Crippen LogP contribution in [-0.2, 0) is 16.0 Å². The maximum absolute atomic E-state index is 13.6. The van der Waals surface area contributed by atoms with Gasteiger partial charge in [0, 0.05) is 6.04 Å². The van der Waals surface area contributed by atoms with Crippen LogP contribution in [-0.4, -0.2) is 38.0 Å². The maximum atomic E-state index is 13.6. The molecule has 0 saturated carbocycles. The minimum absolute atomic E-state index is 0.0272. The summed E-state index contributed by atoms with van der Waals surface area (Å²) in [6, 6.07) is 11.6. The molecule has 1 unspecified atom stereocenters. The Morgan fingerprint density at radius 2 is 1.62 bits per heavy atom. The zero-order valence-corrected chi connectivity index (χ0v) is 16.4. The molecule has 0 aliphatic carbocycles. The summed E-state index contributed by atoms with van der Waals surface area (Å²) in [4.78, 5) is 24.7. The molecule has 0 aliphatic rings. The van der Waals surface area contributed by atoms with Crippen LogP contribution in [0, 0.1) is 17.5 Å². The van der Waals surface area contributed by atoms with Crippen molar-refractivity contribution in [1.82, 2.24) is 5.32 Å². The fourth-order valence-corrected chi connectivity index (χ4v) is 2.85. The van der Waals surface area contributed by atoms with Crippen LogP contribution in [0.4, 0.5) is 18.9 Å². The standard InChI is InChI=1S/C21H24F3N3O2/c1-14(8-9-15-6-4-3-5-7-15)25-18(28)12-27(2)13-19(29)26-17-11-10-16(22)20(23)21(17)24/h3-7,10-11,14H,8-9,12-13H2,1-2H3,(H,25,28)(H,26,29)/p+1/t14-/m0/s1. The van der Waals surface area contributed by atoms with Gasteiger partial charge in [-0.25, -0.2) is 13.2 Å². The molecule has 2 aromatic carbocycles. The van der Waals surface area contributed by atoms with Crippen LogP contribution in [0.3, 0.4) is 0 Å². The van der Waals surface area contributed by atoms with Gasteiger partial charge in [-0.05, 0) is 37.5 Å². The molecule has 2 rings (SSSR count). The Morgan fingerprint density at radius 3 is 2.31 bits per heavy atom. The summed E-state index contributed by atoms with van der Waals surface area (Å²) in [6.45, 7) is 1.82. The molecule has 2 aromatic rings. The highest BCUT2D eigenvalue weighted by molar-refractivity contribution is 5.91. The number of halogens is 3. The zero-order chi connectivity index (χ0) is 21.4. The van der Waals surface area contributed by atoms with Crippen LogP contribution < -0.4 is 15.5 Å². The first-order valence-corrected chi connectivity index (χ1v) is 9.34. The number of nitrogens with one attached hydrogen (secondary N) is 3. The van der Waals surface area contributed by atoms with Crippen LogP contribution in [0.25, 0.3) is 0 Å². The first-order valence-electron chi connectivity index (χ1n) is 9.34. The van der Waals surface area contributed by atoms with Crippen molar-refractivity contribution in [2.45, 2.75) is 25.8 Å². The van der Waals surface area contributed by atoms with Gasteiger partial charge in [-0.3, -0.25) is 9.59 Å². The van der Waals surface area contributed by atoms with Gasteiger partial charge in [-0.2, -0.15) is 0 Å². The summed E-state index contributed by atoms with van der Waals surface area (Å²) < 4.78 is 39.7. The minimum Gasteiger partial charge on any atom is -0.349 e. The van der Waals surface area contributed by atoms with Gasteiger partial charge in [-0.1, -0.05) is 30.3 Å². The zero-order valence-electron chi connectivity index (χ0n) is 16.4. The lowest BCUT2D eigenvalue weighted by Gasteiger charge is -2.17. The molecule has 0 radical (unpaired) electrons. The summed E-state index contributed by atoms with van der Waals surface area (Å²) in [7, 11) is 1.63. The minimum atomic E-state index is -1.65. The van der Waals surface area contributed by atoms with Crippen molar-refractivity contribution in [3.63, 3.8) is 0 Å². The second kappa shape index (κ2) is 10.6. The molecule has 2 amide bonds. The monoisotopic (exact) mass is 408 g/mol. The van der Waals surface area contributed by atoms with E-state index in [1.807, 2.05) is 37.3 Å². The van der Waals surface area contributed by atoms with Crippen molar-refractivity contribution in [2.75, 3.05) is 25.5 Å². The predicted molar refractivity (Wildman–Crippen MR) is 104 cm³/mol. The van der Waals surface area contributed by atoms with E-state index in [0.717, 1.165) is 25.0 Å². The van der Waals surface area contributed by atoms with Gasteiger partial charge in [0.2, 0.25) is 0 Å². The van der Waals surface area contributed by atoms with E-state index in [0.29, 0.717) is 4.90 Å². The molecule has 0 spiro atoms. The third-order valence-corrected chi connectivity index (χ3v) is 4.35. The van der Waals surface area contributed by atoms with Crippen LogP contribution in [0.2, 0.25) is 0 Å². The fourth-order valence-electron chi connectivity index (χ4n) is 2.85. The van der Waals surface area contributed by atoms with Gasteiger partial charge < -0.3 is 15.5 Å². The first kappa shape index (κ1) is 22.4. The average Bonchev–Trinajstić information content (AvgIpc) is 2.67. The van der Waals surface area contributed by atoms with Gasteiger partial charge in [0.15, 0.2) is 30.5 Å². The number of likely N-dealkylation sites (N-methyl/N-ethyl adjacent to an activating group) is 1. The van der Waals surface area contributed by atoms with E-state index < -0.39 is 29.0 Å². The highest BCUT2D eigenvalue weighted by Gasteiger charge is 2.19. The van der Waals surface area contributed by atoms with E-state index in [9.17, 15) is 22.8 Å². The second-order valence-corrected chi connectivity index (χ2v) is 7.07. The summed E-state index contributed by atoms with van der Waals surface area (Å²) in [5, 5.41) is 5.07. The van der Waals surface area contributed by atoms with E-state index in [4.69, 9.17) is 0 Å². The van der Waals surface area contributed by atoms with Crippen LogP contribution in [0.15, 0.2) is 42.5 Å². The van der Waals surface area contributed by atoms with Crippen molar-refractivity contribution < 1.29 is 27.7 Å². The van der Waals surface area contributed by atoms with Gasteiger partial charge in [0.1, 0.15) is 0 Å². The van der Waals surface area contributed by atoms with Crippen LogP contribution in [0.1, 0.15) is 18.9 Å². The number of carbonyl (C=O) groups is 2. The number of anilines is 1. The van der Waals surface area contributed by atoms with Crippen LogP contribution in [0.5, 0.6) is 0 Å². The normalized spacial score (nSPS) is 12.9. The Balaban J connectivity index is 1.74. The number of rotatable bonds is 9. The Labute approximate surface area is 167 Å².